The molecular weight excluding hydrogens is 1030 g/mol. The molecule has 0 aromatic rings. The summed E-state index contributed by atoms with van der Waals surface area (Å²) in [6.45, 7) is 5.69. The van der Waals surface area contributed by atoms with Crippen LogP contribution in [-0.2, 0) is 23.8 Å². The number of aliphatic hydroxyl groups excluding tert-OH is 5. The van der Waals surface area contributed by atoms with E-state index in [0.29, 0.717) is 12.8 Å². The van der Waals surface area contributed by atoms with Crippen molar-refractivity contribution in [1.29, 1.82) is 0 Å². The zero-order chi connectivity index (χ0) is 59.6. The zero-order valence-corrected chi connectivity index (χ0v) is 52.1. The third-order valence-electron chi connectivity index (χ3n) is 14.9. The first kappa shape index (κ1) is 76.3. The first-order valence-corrected chi connectivity index (χ1v) is 33.2. The van der Waals surface area contributed by atoms with Gasteiger partial charge in [0.2, 0.25) is 5.91 Å². The Bertz CT molecular complexity index is 1750. The molecule has 1 rings (SSSR count). The van der Waals surface area contributed by atoms with Crippen molar-refractivity contribution in [3.05, 3.63) is 109 Å². The van der Waals surface area contributed by atoms with Gasteiger partial charge in [-0.15, -0.1) is 0 Å². The zero-order valence-electron chi connectivity index (χ0n) is 52.1. The van der Waals surface area contributed by atoms with E-state index in [1.54, 1.807) is 6.08 Å². The third kappa shape index (κ3) is 44.8. The van der Waals surface area contributed by atoms with Gasteiger partial charge in [0.1, 0.15) is 24.4 Å². The highest BCUT2D eigenvalue weighted by Crippen LogP contribution is 2.26. The molecule has 1 saturated heterocycles. The van der Waals surface area contributed by atoms with Gasteiger partial charge in [0.15, 0.2) is 12.4 Å². The number of nitrogens with one attached hydrogen (secondary N) is 1. The average Bonchev–Trinajstić information content (AvgIpc) is 3.56. The van der Waals surface area contributed by atoms with Crippen molar-refractivity contribution < 1.29 is 49.3 Å². The van der Waals surface area contributed by atoms with Crippen LogP contribution in [0.15, 0.2) is 109 Å². The van der Waals surface area contributed by atoms with Crippen molar-refractivity contribution in [3.63, 3.8) is 0 Å². The molecule has 0 aromatic carbocycles. The minimum absolute atomic E-state index is 0.104. The molecule has 0 spiro atoms. The lowest BCUT2D eigenvalue weighted by Crippen LogP contribution is -2.61. The second-order valence-corrected chi connectivity index (χ2v) is 22.5. The molecule has 82 heavy (non-hydrogen) atoms. The highest BCUT2D eigenvalue weighted by Gasteiger charge is 2.47. The maximum Gasteiger partial charge on any atom is 0.306 e. The number of esters is 1. The summed E-state index contributed by atoms with van der Waals surface area (Å²) in [6.07, 6.45) is 68.5. The van der Waals surface area contributed by atoms with Crippen LogP contribution in [0.5, 0.6) is 0 Å². The standard InChI is InChI=1S/C71H121NO10/c1-4-7-10-13-16-19-22-25-27-29-30-31-32-33-34-35-36-37-39-41-44-47-50-53-56-59-66(76)82-69-68(78)67(77)65(60-73)81-71(69)80-61-62(63(74)57-54-51-48-45-42-24-21-18-15-12-9-6-3)72-70(79)64(75)58-55-52-49-46-43-40-38-28-26-23-20-17-14-11-8-5-2/h16-17,19-20,25-28,30-31,33-34,40,43,49,52,54,57,62-65,67-69,71,73-75,77-78H,4-15,18,21-24,29,32,35-39,41-42,44-48,50-51,53,55-56,58-61H2,1-3H3,(H,72,79)/b19-16-,20-17-,27-25-,28-26-,31-30-,34-33-,43-40-,52-49-,57-54+. The van der Waals surface area contributed by atoms with E-state index in [1.807, 2.05) is 18.2 Å². The largest absolute Gasteiger partial charge is 0.454 e. The number of hydrogen-bond donors (Lipinski definition) is 6. The van der Waals surface area contributed by atoms with E-state index < -0.39 is 67.4 Å². The Morgan fingerprint density at radius 3 is 1.28 bits per heavy atom. The summed E-state index contributed by atoms with van der Waals surface area (Å²) in [5.74, 6) is -1.26. The normalized spacial score (nSPS) is 19.3. The second-order valence-electron chi connectivity index (χ2n) is 22.5. The molecule has 0 saturated carbocycles. The fourth-order valence-corrected chi connectivity index (χ4v) is 9.63. The lowest BCUT2D eigenvalue weighted by Gasteiger charge is -2.41. The smallest absolute Gasteiger partial charge is 0.306 e. The van der Waals surface area contributed by atoms with Crippen molar-refractivity contribution in [2.75, 3.05) is 13.2 Å². The number of hydrogen-bond acceptors (Lipinski definition) is 10. The Kier molecular flexibility index (Phi) is 53.7. The molecule has 1 aliphatic heterocycles. The van der Waals surface area contributed by atoms with Crippen molar-refractivity contribution >= 4 is 11.9 Å². The van der Waals surface area contributed by atoms with Crippen molar-refractivity contribution in [2.24, 2.45) is 0 Å². The van der Waals surface area contributed by atoms with E-state index >= 15 is 0 Å². The topological polar surface area (TPSA) is 175 Å². The number of carbonyl (C=O) groups is 2. The molecule has 470 valence electrons. The van der Waals surface area contributed by atoms with Crippen molar-refractivity contribution in [2.45, 2.75) is 314 Å². The summed E-state index contributed by atoms with van der Waals surface area (Å²) in [7, 11) is 0. The Morgan fingerprint density at radius 1 is 0.476 bits per heavy atom. The molecule has 11 nitrogen and oxygen atoms in total. The quantitative estimate of drug-likeness (QED) is 0.0195. The minimum atomic E-state index is -1.63. The number of amides is 1. The van der Waals surface area contributed by atoms with Crippen LogP contribution in [0.3, 0.4) is 0 Å². The van der Waals surface area contributed by atoms with E-state index in [-0.39, 0.29) is 19.4 Å². The summed E-state index contributed by atoms with van der Waals surface area (Å²) in [5, 5.41) is 57.0. The number of aliphatic hydroxyl groups is 5. The van der Waals surface area contributed by atoms with E-state index in [9.17, 15) is 35.1 Å². The van der Waals surface area contributed by atoms with Crippen LogP contribution >= 0.6 is 0 Å². The van der Waals surface area contributed by atoms with E-state index in [1.165, 1.54) is 116 Å². The third-order valence-corrected chi connectivity index (χ3v) is 14.9. The maximum atomic E-state index is 13.4. The Balaban J connectivity index is 2.65. The second kappa shape index (κ2) is 57.7. The predicted octanol–water partition coefficient (Wildman–Crippen LogP) is 16.4. The van der Waals surface area contributed by atoms with Gasteiger partial charge in [-0.05, 0) is 109 Å². The van der Waals surface area contributed by atoms with Crippen LogP contribution in [0.4, 0.5) is 0 Å². The van der Waals surface area contributed by atoms with Crippen LogP contribution < -0.4 is 5.32 Å². The molecular formula is C71H121NO10. The maximum absolute atomic E-state index is 13.4. The van der Waals surface area contributed by atoms with Crippen LogP contribution in [0.25, 0.3) is 0 Å². The Hall–Kier alpha value is -3.68. The Labute approximate surface area is 500 Å². The Morgan fingerprint density at radius 2 is 0.841 bits per heavy atom. The number of ether oxygens (including phenoxy) is 3. The van der Waals surface area contributed by atoms with Gasteiger partial charge in [-0.3, -0.25) is 9.59 Å². The van der Waals surface area contributed by atoms with Crippen LogP contribution in [0.2, 0.25) is 0 Å². The van der Waals surface area contributed by atoms with Crippen LogP contribution in [0.1, 0.15) is 265 Å². The molecule has 0 bridgehead atoms. The molecule has 1 aliphatic rings. The highest BCUT2D eigenvalue weighted by molar-refractivity contribution is 5.80. The predicted molar refractivity (Wildman–Crippen MR) is 342 cm³/mol. The van der Waals surface area contributed by atoms with E-state index in [4.69, 9.17) is 14.2 Å². The monoisotopic (exact) mass is 1150 g/mol. The SMILES string of the molecule is CCCCC/C=C\C/C=C\C/C=C\C/C=C\CCCCCCCCCCCC(=O)OC1C(OCC(NC(=O)C(O)CC/C=C\C/C=C\C/C=C\C/C=C\CCCCC)C(O)/C=C/CCCCCCCCCCCC)OC(CO)C(O)C1O. The van der Waals surface area contributed by atoms with Gasteiger partial charge in [0, 0.05) is 6.42 Å². The molecule has 0 aliphatic carbocycles. The lowest BCUT2D eigenvalue weighted by atomic mass is 9.99. The molecule has 0 radical (unpaired) electrons. The van der Waals surface area contributed by atoms with Crippen LogP contribution in [-0.4, -0.2) is 99.6 Å². The van der Waals surface area contributed by atoms with Crippen molar-refractivity contribution in [1.82, 2.24) is 5.32 Å². The van der Waals surface area contributed by atoms with Gasteiger partial charge in [-0.1, -0.05) is 259 Å². The van der Waals surface area contributed by atoms with Crippen LogP contribution in [0, 0.1) is 0 Å². The van der Waals surface area contributed by atoms with Gasteiger partial charge < -0.3 is 45.1 Å². The summed E-state index contributed by atoms with van der Waals surface area (Å²) in [6, 6.07) is -1.06. The van der Waals surface area contributed by atoms with Gasteiger partial charge >= 0.3 is 5.97 Å². The molecule has 1 heterocycles. The van der Waals surface area contributed by atoms with E-state index in [2.05, 4.69) is 111 Å². The van der Waals surface area contributed by atoms with Gasteiger partial charge in [-0.2, -0.15) is 0 Å². The van der Waals surface area contributed by atoms with Gasteiger partial charge in [0.05, 0.1) is 25.4 Å². The fourth-order valence-electron chi connectivity index (χ4n) is 9.63. The van der Waals surface area contributed by atoms with Crippen molar-refractivity contribution in [3.8, 4) is 0 Å². The molecule has 1 amide bonds. The first-order chi connectivity index (χ1) is 40.2. The molecule has 0 aromatic heterocycles. The van der Waals surface area contributed by atoms with E-state index in [0.717, 1.165) is 103 Å². The summed E-state index contributed by atoms with van der Waals surface area (Å²) >= 11 is 0. The summed E-state index contributed by atoms with van der Waals surface area (Å²) in [5.41, 5.74) is 0. The number of unbranched alkanes of at least 4 members (excludes halogenated alkanes) is 25. The molecule has 11 heteroatoms. The molecule has 8 atom stereocenters. The van der Waals surface area contributed by atoms with Gasteiger partial charge in [-0.25, -0.2) is 0 Å². The average molecular weight is 1150 g/mol. The number of carbonyl (C=O) groups excluding carboxylic acids is 2. The van der Waals surface area contributed by atoms with Gasteiger partial charge in [0.25, 0.3) is 0 Å². The highest BCUT2D eigenvalue weighted by atomic mass is 16.7. The minimum Gasteiger partial charge on any atom is -0.454 e. The number of rotatable bonds is 55. The summed E-state index contributed by atoms with van der Waals surface area (Å²) < 4.78 is 17.6. The fraction of sp³-hybridized carbons (Fsp3) is 0.718. The first-order valence-electron chi connectivity index (χ1n) is 33.2. The molecule has 8 unspecified atom stereocenters. The lowest BCUT2D eigenvalue weighted by molar-refractivity contribution is -0.305. The number of allylic oxidation sites excluding steroid dienone is 17. The molecule has 1 fully saturated rings. The molecule has 6 N–H and O–H groups in total. The summed E-state index contributed by atoms with van der Waals surface area (Å²) in [4.78, 5) is 26.6.